The Morgan fingerprint density at radius 1 is 1.30 bits per heavy atom. The van der Waals surface area contributed by atoms with Gasteiger partial charge < -0.3 is 15.4 Å². The molecule has 10 heteroatoms. The summed E-state index contributed by atoms with van der Waals surface area (Å²) in [6, 6.07) is 3.17. The second-order valence-corrected chi connectivity index (χ2v) is 6.91. The van der Waals surface area contributed by atoms with Crippen LogP contribution in [-0.4, -0.2) is 26.7 Å². The third kappa shape index (κ3) is 3.78. The van der Waals surface area contributed by atoms with E-state index in [9.17, 15) is 27.2 Å². The summed E-state index contributed by atoms with van der Waals surface area (Å²) in [6.45, 7) is 1.38. The summed E-state index contributed by atoms with van der Waals surface area (Å²) in [5, 5.41) is 9.12. The standard InChI is InChI=1S/C20H17F4N3O3/c1-9-5-14(20(22,23)24)16(18(28)27(9)2)12-4-3-10(6-15(25)19(29)30)13-7-11(21)8-26-17(12)13/h3-5,7-8,15H,6,25H2,1-2H3,(H,29,30). The molecule has 3 aromatic rings. The molecule has 0 fully saturated rings. The Kier molecular flexibility index (Phi) is 5.38. The van der Waals surface area contributed by atoms with Crippen molar-refractivity contribution >= 4 is 16.9 Å². The fraction of sp³-hybridized carbons (Fsp3) is 0.250. The molecule has 0 saturated heterocycles. The SMILES string of the molecule is Cc1cc(C(F)(F)F)c(-c2ccc(CC(N)C(=O)O)c3cc(F)cnc23)c(=O)n1C. The number of hydrogen-bond acceptors (Lipinski definition) is 4. The van der Waals surface area contributed by atoms with E-state index in [0.29, 0.717) is 0 Å². The molecule has 0 bridgehead atoms. The third-order valence-electron chi connectivity index (χ3n) is 4.91. The number of rotatable bonds is 4. The quantitative estimate of drug-likeness (QED) is 0.629. The smallest absolute Gasteiger partial charge is 0.417 e. The highest BCUT2D eigenvalue weighted by molar-refractivity contribution is 5.96. The zero-order valence-corrected chi connectivity index (χ0v) is 15.9. The number of alkyl halides is 3. The Hall–Kier alpha value is -3.27. The topological polar surface area (TPSA) is 98.2 Å². The predicted molar refractivity (Wildman–Crippen MR) is 101 cm³/mol. The lowest BCUT2D eigenvalue weighted by molar-refractivity contribution is -0.138. The highest BCUT2D eigenvalue weighted by Gasteiger charge is 2.36. The molecule has 1 aromatic carbocycles. The summed E-state index contributed by atoms with van der Waals surface area (Å²) in [5.41, 5.74) is 3.13. The summed E-state index contributed by atoms with van der Waals surface area (Å²) < 4.78 is 56.1. The van der Waals surface area contributed by atoms with Crippen LogP contribution in [0.2, 0.25) is 0 Å². The van der Waals surface area contributed by atoms with Crippen LogP contribution in [-0.2, 0) is 24.4 Å². The molecular formula is C20H17F4N3O3. The lowest BCUT2D eigenvalue weighted by Crippen LogP contribution is -2.32. The minimum absolute atomic E-state index is 0.0575. The molecule has 0 aliphatic heterocycles. The number of halogens is 4. The van der Waals surface area contributed by atoms with Gasteiger partial charge >= 0.3 is 12.1 Å². The molecule has 2 heterocycles. The molecule has 3 N–H and O–H groups in total. The van der Waals surface area contributed by atoms with Gasteiger partial charge in [-0.25, -0.2) is 4.39 Å². The summed E-state index contributed by atoms with van der Waals surface area (Å²) in [5.74, 6) is -2.05. The number of nitrogens with two attached hydrogens (primary N) is 1. The number of carboxylic acid groups (broad SMARTS) is 1. The van der Waals surface area contributed by atoms with Gasteiger partial charge in [0.1, 0.15) is 11.9 Å². The zero-order chi connectivity index (χ0) is 22.4. The van der Waals surface area contributed by atoms with E-state index >= 15 is 0 Å². The monoisotopic (exact) mass is 423 g/mol. The number of fused-ring (bicyclic) bond motifs is 1. The van der Waals surface area contributed by atoms with Gasteiger partial charge in [-0.1, -0.05) is 12.1 Å². The van der Waals surface area contributed by atoms with E-state index in [1.165, 1.54) is 26.1 Å². The second kappa shape index (κ2) is 7.52. The van der Waals surface area contributed by atoms with E-state index in [4.69, 9.17) is 10.8 Å². The van der Waals surface area contributed by atoms with Crippen LogP contribution in [0, 0.1) is 12.7 Å². The van der Waals surface area contributed by atoms with E-state index < -0.39 is 40.7 Å². The normalized spacial score (nSPS) is 12.9. The van der Waals surface area contributed by atoms with Crippen LogP contribution in [0.3, 0.4) is 0 Å². The lowest BCUT2D eigenvalue weighted by atomic mass is 9.93. The van der Waals surface area contributed by atoms with Crippen molar-refractivity contribution in [2.75, 3.05) is 0 Å². The first kappa shape index (κ1) is 21.4. The summed E-state index contributed by atoms with van der Waals surface area (Å²) >= 11 is 0. The number of aryl methyl sites for hydroxylation is 1. The maximum atomic E-state index is 13.9. The third-order valence-corrected chi connectivity index (χ3v) is 4.91. The van der Waals surface area contributed by atoms with Gasteiger partial charge in [0.25, 0.3) is 5.56 Å². The summed E-state index contributed by atoms with van der Waals surface area (Å²) in [7, 11) is 1.34. The zero-order valence-electron chi connectivity index (χ0n) is 15.9. The van der Waals surface area contributed by atoms with E-state index in [1.54, 1.807) is 0 Å². The van der Waals surface area contributed by atoms with Gasteiger partial charge in [-0.2, -0.15) is 13.2 Å². The molecule has 6 nitrogen and oxygen atoms in total. The van der Waals surface area contributed by atoms with Gasteiger partial charge in [-0.05, 0) is 31.0 Å². The van der Waals surface area contributed by atoms with Gasteiger partial charge in [-0.3, -0.25) is 14.6 Å². The first-order chi connectivity index (χ1) is 13.9. The number of benzene rings is 1. The first-order valence-corrected chi connectivity index (χ1v) is 8.75. The molecule has 0 radical (unpaired) electrons. The van der Waals surface area contributed by atoms with Gasteiger partial charge in [0, 0.05) is 23.7 Å². The van der Waals surface area contributed by atoms with Crippen molar-refractivity contribution in [3.63, 3.8) is 0 Å². The van der Waals surface area contributed by atoms with Gasteiger partial charge in [-0.15, -0.1) is 0 Å². The van der Waals surface area contributed by atoms with E-state index in [0.717, 1.165) is 22.9 Å². The van der Waals surface area contributed by atoms with Crippen LogP contribution < -0.4 is 11.3 Å². The van der Waals surface area contributed by atoms with Gasteiger partial charge in [0.2, 0.25) is 0 Å². The van der Waals surface area contributed by atoms with Crippen LogP contribution in [0.1, 0.15) is 16.8 Å². The molecule has 3 rings (SSSR count). The Morgan fingerprint density at radius 3 is 2.57 bits per heavy atom. The molecule has 2 aromatic heterocycles. The number of nitrogens with zero attached hydrogens (tertiary/aromatic N) is 2. The number of hydrogen-bond donors (Lipinski definition) is 2. The van der Waals surface area contributed by atoms with Gasteiger partial charge in [0.05, 0.1) is 22.8 Å². The number of carbonyl (C=O) groups is 1. The first-order valence-electron chi connectivity index (χ1n) is 8.75. The largest absolute Gasteiger partial charge is 0.480 e. The van der Waals surface area contributed by atoms with Crippen LogP contribution >= 0.6 is 0 Å². The van der Waals surface area contributed by atoms with Crippen LogP contribution in [0.25, 0.3) is 22.0 Å². The molecule has 158 valence electrons. The Morgan fingerprint density at radius 2 is 1.97 bits per heavy atom. The Labute approximate surface area is 167 Å². The summed E-state index contributed by atoms with van der Waals surface area (Å²) in [4.78, 5) is 27.8. The molecular weight excluding hydrogens is 406 g/mol. The molecule has 1 unspecified atom stereocenters. The minimum atomic E-state index is -4.82. The van der Waals surface area contributed by atoms with E-state index in [1.807, 2.05) is 0 Å². The number of pyridine rings is 2. The van der Waals surface area contributed by atoms with E-state index in [2.05, 4.69) is 4.98 Å². The average Bonchev–Trinajstić information content (AvgIpc) is 2.65. The highest BCUT2D eigenvalue weighted by Crippen LogP contribution is 2.38. The van der Waals surface area contributed by atoms with Crippen LogP contribution in [0.4, 0.5) is 17.6 Å². The predicted octanol–water partition coefficient (Wildman–Crippen LogP) is 3.02. The van der Waals surface area contributed by atoms with Crippen molar-refractivity contribution in [2.45, 2.75) is 25.6 Å². The van der Waals surface area contributed by atoms with Crippen molar-refractivity contribution in [1.29, 1.82) is 0 Å². The number of aromatic nitrogens is 2. The second-order valence-electron chi connectivity index (χ2n) is 6.91. The maximum absolute atomic E-state index is 13.9. The van der Waals surface area contributed by atoms with Crippen LogP contribution in [0.5, 0.6) is 0 Å². The molecule has 0 aliphatic rings. The molecule has 0 aliphatic carbocycles. The fourth-order valence-corrected chi connectivity index (χ4v) is 3.26. The average molecular weight is 423 g/mol. The van der Waals surface area contributed by atoms with Gasteiger partial charge in [0.15, 0.2) is 0 Å². The minimum Gasteiger partial charge on any atom is -0.480 e. The highest BCUT2D eigenvalue weighted by atomic mass is 19.4. The van der Waals surface area contributed by atoms with Crippen molar-refractivity contribution in [1.82, 2.24) is 9.55 Å². The molecule has 1 atom stereocenters. The molecule has 30 heavy (non-hydrogen) atoms. The molecule has 0 amide bonds. The van der Waals surface area contributed by atoms with Crippen molar-refractivity contribution in [2.24, 2.45) is 12.8 Å². The Bertz CT molecular complexity index is 1220. The lowest BCUT2D eigenvalue weighted by Gasteiger charge is -2.18. The number of carboxylic acids is 1. The maximum Gasteiger partial charge on any atom is 0.417 e. The molecule has 0 spiro atoms. The van der Waals surface area contributed by atoms with Crippen molar-refractivity contribution in [3.8, 4) is 11.1 Å². The van der Waals surface area contributed by atoms with Crippen LogP contribution in [0.15, 0.2) is 35.3 Å². The summed E-state index contributed by atoms with van der Waals surface area (Å²) in [6.07, 6.45) is -4.20. The van der Waals surface area contributed by atoms with E-state index in [-0.39, 0.29) is 34.1 Å². The van der Waals surface area contributed by atoms with Crippen molar-refractivity contribution in [3.05, 3.63) is 63.5 Å². The fourth-order valence-electron chi connectivity index (χ4n) is 3.26. The molecule has 0 saturated carbocycles. The Balaban J connectivity index is 2.38. The van der Waals surface area contributed by atoms with Crippen molar-refractivity contribution < 1.29 is 27.5 Å². The number of aliphatic carboxylic acids is 1.